The molecule has 2 aromatic rings. The maximum atomic E-state index is 12.7. The highest BCUT2D eigenvalue weighted by molar-refractivity contribution is 6.11. The normalized spacial score (nSPS) is 22.8. The summed E-state index contributed by atoms with van der Waals surface area (Å²) < 4.78 is 5.73. The Morgan fingerprint density at radius 1 is 1.16 bits per heavy atom. The Balaban J connectivity index is 2.08. The van der Waals surface area contributed by atoms with Gasteiger partial charge in [-0.2, -0.15) is 0 Å². The first-order valence-corrected chi connectivity index (χ1v) is 6.85. The van der Waals surface area contributed by atoms with Crippen molar-refractivity contribution in [2.24, 2.45) is 0 Å². The van der Waals surface area contributed by atoms with Crippen molar-refractivity contribution in [3.8, 4) is 0 Å². The molecule has 0 bridgehead atoms. The number of benzene rings is 2. The summed E-state index contributed by atoms with van der Waals surface area (Å²) in [5.74, 6) is 0.138. The van der Waals surface area contributed by atoms with Crippen molar-refractivity contribution < 1.29 is 9.53 Å². The van der Waals surface area contributed by atoms with Crippen molar-refractivity contribution in [2.75, 3.05) is 0 Å². The lowest BCUT2D eigenvalue weighted by molar-refractivity contribution is 0.0434. The fraction of sp³-hybridized carbons (Fsp3) is 0.353. The van der Waals surface area contributed by atoms with Gasteiger partial charge in [0.1, 0.15) is 6.10 Å². The summed E-state index contributed by atoms with van der Waals surface area (Å²) in [6.07, 6.45) is 1.74. The molecule has 0 amide bonds. The smallest absolute Gasteiger partial charge is 0.192 e. The van der Waals surface area contributed by atoms with Gasteiger partial charge in [0.25, 0.3) is 0 Å². The zero-order valence-electron chi connectivity index (χ0n) is 11.3. The third-order valence-electron chi connectivity index (χ3n) is 3.91. The lowest BCUT2D eigenvalue weighted by atomic mass is 9.93. The second-order valence-corrected chi connectivity index (χ2v) is 5.36. The Morgan fingerprint density at radius 2 is 1.95 bits per heavy atom. The van der Waals surface area contributed by atoms with Crippen molar-refractivity contribution >= 4 is 16.6 Å². The predicted molar refractivity (Wildman–Crippen MR) is 76.6 cm³/mol. The standard InChI is InChI=1S/C17H18O2/c1-11-7-9-13-5-3-4-6-14(13)16(11)17(18)15-10-8-12(2)19-15/h3-7,9,12,15H,8,10H2,1-2H3. The Labute approximate surface area is 113 Å². The van der Waals surface area contributed by atoms with E-state index in [9.17, 15) is 4.79 Å². The molecule has 2 nitrogen and oxygen atoms in total. The molecule has 0 saturated carbocycles. The average molecular weight is 254 g/mol. The van der Waals surface area contributed by atoms with Crippen molar-refractivity contribution in [1.82, 2.24) is 0 Å². The van der Waals surface area contributed by atoms with Crippen LogP contribution in [0.25, 0.3) is 10.8 Å². The van der Waals surface area contributed by atoms with Crippen molar-refractivity contribution in [2.45, 2.75) is 38.9 Å². The van der Waals surface area contributed by atoms with Gasteiger partial charge in [-0.25, -0.2) is 0 Å². The summed E-state index contributed by atoms with van der Waals surface area (Å²) in [5.41, 5.74) is 1.86. The molecule has 3 rings (SSSR count). The van der Waals surface area contributed by atoms with E-state index < -0.39 is 0 Å². The maximum Gasteiger partial charge on any atom is 0.192 e. The van der Waals surface area contributed by atoms with Gasteiger partial charge in [-0.1, -0.05) is 36.4 Å². The highest BCUT2D eigenvalue weighted by Crippen LogP contribution is 2.28. The van der Waals surface area contributed by atoms with Crippen LogP contribution in [0.1, 0.15) is 35.7 Å². The average Bonchev–Trinajstić information content (AvgIpc) is 2.85. The van der Waals surface area contributed by atoms with E-state index >= 15 is 0 Å². The van der Waals surface area contributed by atoms with E-state index in [1.54, 1.807) is 0 Å². The second-order valence-electron chi connectivity index (χ2n) is 5.36. The van der Waals surface area contributed by atoms with Gasteiger partial charge in [0, 0.05) is 5.56 Å². The van der Waals surface area contributed by atoms with Crippen LogP contribution in [0.3, 0.4) is 0 Å². The summed E-state index contributed by atoms with van der Waals surface area (Å²) in [5, 5.41) is 2.15. The van der Waals surface area contributed by atoms with E-state index in [0.29, 0.717) is 0 Å². The molecule has 0 spiro atoms. The zero-order valence-corrected chi connectivity index (χ0v) is 11.3. The molecule has 0 aliphatic carbocycles. The lowest BCUT2D eigenvalue weighted by Gasteiger charge is -2.14. The first kappa shape index (κ1) is 12.4. The minimum absolute atomic E-state index is 0.138. The van der Waals surface area contributed by atoms with E-state index in [4.69, 9.17) is 4.74 Å². The number of hydrogen-bond donors (Lipinski definition) is 0. The van der Waals surface area contributed by atoms with Gasteiger partial charge in [0.2, 0.25) is 0 Å². The molecule has 0 radical (unpaired) electrons. The van der Waals surface area contributed by atoms with Gasteiger partial charge < -0.3 is 4.74 Å². The highest BCUT2D eigenvalue weighted by atomic mass is 16.5. The molecule has 2 aromatic carbocycles. The van der Waals surface area contributed by atoms with Crippen LogP contribution in [-0.4, -0.2) is 18.0 Å². The fourth-order valence-electron chi connectivity index (χ4n) is 2.86. The Kier molecular flexibility index (Phi) is 3.11. The molecule has 19 heavy (non-hydrogen) atoms. The summed E-state index contributed by atoms with van der Waals surface area (Å²) in [6.45, 7) is 4.03. The van der Waals surface area contributed by atoms with Crippen LogP contribution in [0, 0.1) is 6.92 Å². The van der Waals surface area contributed by atoms with Crippen molar-refractivity contribution in [1.29, 1.82) is 0 Å². The number of carbonyl (C=O) groups excluding carboxylic acids is 1. The van der Waals surface area contributed by atoms with E-state index in [0.717, 1.165) is 34.7 Å². The SMILES string of the molecule is Cc1ccc2ccccc2c1C(=O)C1CCC(C)O1. The molecule has 1 heterocycles. The van der Waals surface area contributed by atoms with Crippen LogP contribution in [-0.2, 0) is 4.74 Å². The molecule has 98 valence electrons. The quantitative estimate of drug-likeness (QED) is 0.760. The second kappa shape index (κ2) is 4.78. The number of rotatable bonds is 2. The number of fused-ring (bicyclic) bond motifs is 1. The summed E-state index contributed by atoms with van der Waals surface area (Å²) in [7, 11) is 0. The van der Waals surface area contributed by atoms with Gasteiger partial charge in [-0.15, -0.1) is 0 Å². The Morgan fingerprint density at radius 3 is 2.68 bits per heavy atom. The molecule has 2 unspecified atom stereocenters. The largest absolute Gasteiger partial charge is 0.367 e. The first-order chi connectivity index (χ1) is 9.16. The third kappa shape index (κ3) is 2.17. The molecule has 1 fully saturated rings. The molecular formula is C17H18O2. The highest BCUT2D eigenvalue weighted by Gasteiger charge is 2.30. The zero-order chi connectivity index (χ0) is 13.4. The van der Waals surface area contributed by atoms with E-state index in [1.807, 2.05) is 44.2 Å². The monoisotopic (exact) mass is 254 g/mol. The lowest BCUT2D eigenvalue weighted by Crippen LogP contribution is -2.22. The number of carbonyl (C=O) groups is 1. The summed E-state index contributed by atoms with van der Waals surface area (Å²) in [6, 6.07) is 12.1. The molecule has 1 aliphatic rings. The van der Waals surface area contributed by atoms with Gasteiger partial charge in [0.15, 0.2) is 5.78 Å². The summed E-state index contributed by atoms with van der Waals surface area (Å²) in [4.78, 5) is 12.7. The summed E-state index contributed by atoms with van der Waals surface area (Å²) >= 11 is 0. The van der Waals surface area contributed by atoms with Crippen molar-refractivity contribution in [3.63, 3.8) is 0 Å². The van der Waals surface area contributed by atoms with Crippen molar-refractivity contribution in [3.05, 3.63) is 47.5 Å². The first-order valence-electron chi connectivity index (χ1n) is 6.85. The molecular weight excluding hydrogens is 236 g/mol. The van der Waals surface area contributed by atoms with Gasteiger partial charge >= 0.3 is 0 Å². The number of hydrogen-bond acceptors (Lipinski definition) is 2. The minimum atomic E-state index is -0.264. The van der Waals surface area contributed by atoms with E-state index in [-0.39, 0.29) is 18.0 Å². The third-order valence-corrected chi connectivity index (χ3v) is 3.91. The number of aryl methyl sites for hydroxylation is 1. The van der Waals surface area contributed by atoms with Gasteiger partial charge in [0.05, 0.1) is 6.10 Å². The Hall–Kier alpha value is -1.67. The number of Topliss-reactive ketones (excluding diaryl/α,β-unsaturated/α-hetero) is 1. The molecule has 0 aromatic heterocycles. The number of ether oxygens (including phenoxy) is 1. The van der Waals surface area contributed by atoms with Crippen LogP contribution < -0.4 is 0 Å². The van der Waals surface area contributed by atoms with Crippen LogP contribution in [0.2, 0.25) is 0 Å². The predicted octanol–water partition coefficient (Wildman–Crippen LogP) is 3.90. The molecule has 1 aliphatic heterocycles. The fourth-order valence-corrected chi connectivity index (χ4v) is 2.86. The van der Waals surface area contributed by atoms with Crippen LogP contribution >= 0.6 is 0 Å². The molecule has 1 saturated heterocycles. The van der Waals surface area contributed by atoms with Crippen LogP contribution in [0.4, 0.5) is 0 Å². The molecule has 0 N–H and O–H groups in total. The van der Waals surface area contributed by atoms with E-state index in [1.165, 1.54) is 0 Å². The Bertz CT molecular complexity index is 630. The van der Waals surface area contributed by atoms with Crippen LogP contribution in [0.15, 0.2) is 36.4 Å². The molecule has 2 atom stereocenters. The topological polar surface area (TPSA) is 26.3 Å². The van der Waals surface area contributed by atoms with Gasteiger partial charge in [-0.3, -0.25) is 4.79 Å². The number of ketones is 1. The van der Waals surface area contributed by atoms with Crippen LogP contribution in [0.5, 0.6) is 0 Å². The van der Waals surface area contributed by atoms with E-state index in [2.05, 4.69) is 6.07 Å². The maximum absolute atomic E-state index is 12.7. The minimum Gasteiger partial charge on any atom is -0.367 e. The molecule has 2 heteroatoms. The van der Waals surface area contributed by atoms with Gasteiger partial charge in [-0.05, 0) is 43.0 Å².